The number of aromatic hydroxyl groups is 1. The standard InChI is InChI=1S/C12H10Cl2N4O3S/c13-8-9-6(22-10(8)14)3-5(16-9)11(20)15-1-2-18-4-7(19)17-12(18)21/h3-4,16,19H,1-2H2,(H,15,20)(H,17,21). The molecule has 116 valence electrons. The fourth-order valence-corrected chi connectivity index (χ4v) is 3.49. The Labute approximate surface area is 137 Å². The summed E-state index contributed by atoms with van der Waals surface area (Å²) in [5.41, 5.74) is 0.561. The van der Waals surface area contributed by atoms with E-state index in [1.165, 1.54) is 22.1 Å². The zero-order valence-electron chi connectivity index (χ0n) is 10.9. The fraction of sp³-hybridized carbons (Fsp3) is 0.167. The van der Waals surface area contributed by atoms with Crippen molar-refractivity contribution in [2.75, 3.05) is 6.54 Å². The van der Waals surface area contributed by atoms with Gasteiger partial charge in [-0.2, -0.15) is 0 Å². The molecular weight excluding hydrogens is 351 g/mol. The van der Waals surface area contributed by atoms with Crippen molar-refractivity contribution in [3.05, 3.63) is 37.8 Å². The van der Waals surface area contributed by atoms with Crippen LogP contribution < -0.4 is 11.0 Å². The number of amides is 1. The molecule has 0 aliphatic carbocycles. The summed E-state index contributed by atoms with van der Waals surface area (Å²) in [5, 5.41) is 12.2. The van der Waals surface area contributed by atoms with E-state index in [9.17, 15) is 9.59 Å². The third-order valence-corrected chi connectivity index (χ3v) is 4.96. The third kappa shape index (κ3) is 2.72. The lowest BCUT2D eigenvalue weighted by Gasteiger charge is -2.03. The number of fused-ring (bicyclic) bond motifs is 1. The van der Waals surface area contributed by atoms with Gasteiger partial charge in [-0.3, -0.25) is 14.3 Å². The number of rotatable bonds is 4. The number of thiophene rings is 1. The minimum atomic E-state index is -0.437. The topological polar surface area (TPSA) is 103 Å². The van der Waals surface area contributed by atoms with E-state index >= 15 is 0 Å². The van der Waals surface area contributed by atoms with Crippen molar-refractivity contribution in [3.8, 4) is 5.88 Å². The molecule has 0 saturated heterocycles. The van der Waals surface area contributed by atoms with E-state index in [4.69, 9.17) is 28.3 Å². The summed E-state index contributed by atoms with van der Waals surface area (Å²) < 4.78 is 2.54. The highest BCUT2D eigenvalue weighted by molar-refractivity contribution is 7.23. The summed E-state index contributed by atoms with van der Waals surface area (Å²) in [5.74, 6) is -0.532. The van der Waals surface area contributed by atoms with Crippen LogP contribution in [0.3, 0.4) is 0 Å². The van der Waals surface area contributed by atoms with E-state index in [1.54, 1.807) is 6.07 Å². The SMILES string of the molecule is O=C(NCCn1cc(O)[nH]c1=O)c1cc2sc(Cl)c(Cl)c2[nH]1. The van der Waals surface area contributed by atoms with Crippen molar-refractivity contribution in [3.63, 3.8) is 0 Å². The van der Waals surface area contributed by atoms with Gasteiger partial charge in [-0.15, -0.1) is 11.3 Å². The maximum absolute atomic E-state index is 12.0. The minimum Gasteiger partial charge on any atom is -0.493 e. The number of halogens is 2. The Morgan fingerprint density at radius 3 is 2.82 bits per heavy atom. The predicted molar refractivity (Wildman–Crippen MR) is 85.2 cm³/mol. The molecule has 0 fully saturated rings. The Bertz CT molecular complexity index is 907. The number of nitrogens with zero attached hydrogens (tertiary/aromatic N) is 1. The van der Waals surface area contributed by atoms with Gasteiger partial charge in [0.05, 0.1) is 21.4 Å². The average molecular weight is 361 g/mol. The summed E-state index contributed by atoms with van der Waals surface area (Å²) in [6.45, 7) is 0.473. The molecule has 0 spiro atoms. The van der Waals surface area contributed by atoms with E-state index in [1.807, 2.05) is 0 Å². The van der Waals surface area contributed by atoms with Crippen LogP contribution in [-0.4, -0.2) is 32.1 Å². The molecule has 10 heteroatoms. The minimum absolute atomic E-state index is 0.215. The molecule has 0 bridgehead atoms. The van der Waals surface area contributed by atoms with Gasteiger partial charge in [0.25, 0.3) is 5.91 Å². The number of aromatic nitrogens is 3. The first kappa shape index (κ1) is 15.0. The first-order chi connectivity index (χ1) is 10.5. The van der Waals surface area contributed by atoms with Crippen molar-refractivity contribution in [2.45, 2.75) is 6.54 Å². The van der Waals surface area contributed by atoms with Crippen molar-refractivity contribution in [2.24, 2.45) is 0 Å². The van der Waals surface area contributed by atoms with E-state index in [2.05, 4.69) is 15.3 Å². The van der Waals surface area contributed by atoms with Crippen molar-refractivity contribution >= 4 is 50.7 Å². The normalized spacial score (nSPS) is 11.2. The summed E-state index contributed by atoms with van der Waals surface area (Å²) in [6, 6.07) is 1.67. The molecule has 3 rings (SSSR count). The summed E-state index contributed by atoms with van der Waals surface area (Å²) in [6.07, 6.45) is 1.26. The second kappa shape index (κ2) is 5.71. The van der Waals surface area contributed by atoms with Crippen molar-refractivity contribution < 1.29 is 9.90 Å². The van der Waals surface area contributed by atoms with Gasteiger partial charge in [0, 0.05) is 13.1 Å². The van der Waals surface area contributed by atoms with Crippen molar-refractivity contribution in [1.82, 2.24) is 19.9 Å². The highest BCUT2D eigenvalue weighted by Gasteiger charge is 2.15. The summed E-state index contributed by atoms with van der Waals surface area (Å²) >= 11 is 13.2. The smallest absolute Gasteiger partial charge is 0.328 e. The summed E-state index contributed by atoms with van der Waals surface area (Å²) in [7, 11) is 0. The highest BCUT2D eigenvalue weighted by atomic mass is 35.5. The number of hydrogen-bond donors (Lipinski definition) is 4. The van der Waals surface area contributed by atoms with Crippen LogP contribution in [0.25, 0.3) is 10.2 Å². The van der Waals surface area contributed by atoms with E-state index in [-0.39, 0.29) is 24.9 Å². The molecule has 0 aromatic carbocycles. The molecule has 3 heterocycles. The van der Waals surface area contributed by atoms with Gasteiger partial charge < -0.3 is 15.4 Å². The molecule has 4 N–H and O–H groups in total. The molecule has 1 amide bonds. The number of hydrogen-bond acceptors (Lipinski definition) is 4. The maximum Gasteiger partial charge on any atom is 0.328 e. The molecule has 7 nitrogen and oxygen atoms in total. The van der Waals surface area contributed by atoms with Crippen LogP contribution in [-0.2, 0) is 6.54 Å². The van der Waals surface area contributed by atoms with Crippen molar-refractivity contribution in [1.29, 1.82) is 0 Å². The maximum atomic E-state index is 12.0. The number of carbonyl (C=O) groups excluding carboxylic acids is 1. The summed E-state index contributed by atoms with van der Waals surface area (Å²) in [4.78, 5) is 28.5. The molecule has 0 atom stereocenters. The molecule has 22 heavy (non-hydrogen) atoms. The Morgan fingerprint density at radius 2 is 2.18 bits per heavy atom. The Balaban J connectivity index is 1.66. The molecule has 0 aliphatic rings. The molecule has 0 aliphatic heterocycles. The number of imidazole rings is 1. The van der Waals surface area contributed by atoms with Gasteiger partial charge in [-0.1, -0.05) is 23.2 Å². The molecule has 0 unspecified atom stereocenters. The van der Waals surface area contributed by atoms with Crippen LogP contribution in [0.2, 0.25) is 9.36 Å². The lowest BCUT2D eigenvalue weighted by atomic mass is 10.4. The Morgan fingerprint density at radius 1 is 1.41 bits per heavy atom. The van der Waals surface area contributed by atoms with E-state index in [0.29, 0.717) is 20.6 Å². The van der Waals surface area contributed by atoms with E-state index in [0.717, 1.165) is 4.70 Å². The first-order valence-electron chi connectivity index (χ1n) is 6.19. The predicted octanol–water partition coefficient (Wildman–Crippen LogP) is 2.16. The Kier molecular flexibility index (Phi) is 3.90. The van der Waals surface area contributed by atoms with Gasteiger partial charge in [-0.25, -0.2) is 4.79 Å². The van der Waals surface area contributed by atoms with Crippen LogP contribution in [0, 0.1) is 0 Å². The lowest BCUT2D eigenvalue weighted by molar-refractivity contribution is 0.0948. The molecule has 0 radical (unpaired) electrons. The number of carbonyl (C=O) groups is 1. The van der Waals surface area contributed by atoms with Crippen LogP contribution in [0.4, 0.5) is 0 Å². The molecule has 3 aromatic heterocycles. The average Bonchev–Trinajstić information content (AvgIpc) is 3.08. The number of nitrogens with one attached hydrogen (secondary N) is 3. The van der Waals surface area contributed by atoms with E-state index < -0.39 is 5.69 Å². The highest BCUT2D eigenvalue weighted by Crippen LogP contribution is 2.38. The molecule has 0 saturated carbocycles. The number of H-pyrrole nitrogens is 2. The van der Waals surface area contributed by atoms with Gasteiger partial charge in [-0.05, 0) is 6.07 Å². The van der Waals surface area contributed by atoms with Gasteiger partial charge >= 0.3 is 5.69 Å². The largest absolute Gasteiger partial charge is 0.493 e. The fourth-order valence-electron chi connectivity index (χ4n) is 2.01. The second-order valence-electron chi connectivity index (χ2n) is 4.51. The third-order valence-electron chi connectivity index (χ3n) is 3.03. The zero-order valence-corrected chi connectivity index (χ0v) is 13.3. The number of aromatic amines is 2. The first-order valence-corrected chi connectivity index (χ1v) is 7.76. The Hall–Kier alpha value is -1.90. The van der Waals surface area contributed by atoms with Gasteiger partial charge in [0.1, 0.15) is 10.0 Å². The molecular formula is C12H10Cl2N4O3S. The second-order valence-corrected chi connectivity index (χ2v) is 6.54. The van der Waals surface area contributed by atoms with Gasteiger partial charge in [0.2, 0.25) is 5.88 Å². The lowest BCUT2D eigenvalue weighted by Crippen LogP contribution is -2.30. The monoisotopic (exact) mass is 360 g/mol. The van der Waals surface area contributed by atoms with Gasteiger partial charge in [0.15, 0.2) is 0 Å². The van der Waals surface area contributed by atoms with Crippen LogP contribution in [0.1, 0.15) is 10.5 Å². The van der Waals surface area contributed by atoms with Crippen LogP contribution in [0.5, 0.6) is 5.88 Å². The van der Waals surface area contributed by atoms with Crippen LogP contribution in [0.15, 0.2) is 17.1 Å². The zero-order chi connectivity index (χ0) is 15.9. The van der Waals surface area contributed by atoms with Crippen LogP contribution >= 0.6 is 34.5 Å². The molecule has 3 aromatic rings. The quantitative estimate of drug-likeness (QED) is 0.573.